The minimum Gasteiger partial charge on any atom is -0.493 e. The van der Waals surface area contributed by atoms with Crippen molar-refractivity contribution in [3.63, 3.8) is 0 Å². The molecule has 0 spiro atoms. The fourth-order valence-corrected chi connectivity index (χ4v) is 2.27. The summed E-state index contributed by atoms with van der Waals surface area (Å²) < 4.78 is 47.3. The number of hydrogen-bond acceptors (Lipinski definition) is 5. The van der Waals surface area contributed by atoms with Gasteiger partial charge in [0.2, 0.25) is 0 Å². The summed E-state index contributed by atoms with van der Waals surface area (Å²) in [6.07, 6.45) is -4.99. The molecule has 0 aliphatic heterocycles. The van der Waals surface area contributed by atoms with Crippen LogP contribution in [0.4, 0.5) is 18.9 Å². The van der Waals surface area contributed by atoms with E-state index in [0.717, 1.165) is 0 Å². The fourth-order valence-electron chi connectivity index (χ4n) is 2.27. The summed E-state index contributed by atoms with van der Waals surface area (Å²) in [5.41, 5.74) is 3.31. The molecule has 0 heterocycles. The maximum absolute atomic E-state index is 12.4. The molecule has 0 aliphatic carbocycles. The molecule has 0 aromatic heterocycles. The van der Waals surface area contributed by atoms with Crippen molar-refractivity contribution in [1.82, 2.24) is 5.43 Å². The Labute approximate surface area is 164 Å². The Morgan fingerprint density at radius 2 is 1.66 bits per heavy atom. The average molecular weight is 409 g/mol. The summed E-state index contributed by atoms with van der Waals surface area (Å²) in [5.74, 6) is -1.77. The molecule has 0 bridgehead atoms. The van der Waals surface area contributed by atoms with Crippen LogP contribution in [0.1, 0.15) is 22.8 Å². The number of benzene rings is 2. The lowest BCUT2D eigenvalue weighted by atomic mass is 10.1. The molecule has 2 rings (SSSR count). The quantitative estimate of drug-likeness (QED) is 0.566. The molecule has 0 saturated carbocycles. The molecule has 2 aromatic carbocycles. The number of amides is 2. The van der Waals surface area contributed by atoms with Gasteiger partial charge in [0.15, 0.2) is 11.5 Å². The third-order valence-electron chi connectivity index (χ3n) is 3.77. The molecular weight excluding hydrogens is 391 g/mol. The van der Waals surface area contributed by atoms with Crippen molar-refractivity contribution >= 4 is 23.2 Å². The number of carbonyl (C=O) groups excluding carboxylic acids is 2. The number of carbonyl (C=O) groups is 2. The van der Waals surface area contributed by atoms with E-state index in [9.17, 15) is 22.8 Å². The fraction of sp³-hybridized carbons (Fsp3) is 0.211. The van der Waals surface area contributed by atoms with Gasteiger partial charge in [-0.05, 0) is 42.8 Å². The van der Waals surface area contributed by atoms with Crippen LogP contribution in [-0.4, -0.2) is 37.9 Å². The highest BCUT2D eigenvalue weighted by molar-refractivity contribution is 6.02. The first-order chi connectivity index (χ1) is 13.7. The largest absolute Gasteiger partial charge is 0.493 e. The number of methoxy groups -OCH3 is 2. The van der Waals surface area contributed by atoms with E-state index in [1.54, 1.807) is 24.4 Å². The van der Waals surface area contributed by atoms with Gasteiger partial charge in [0.25, 0.3) is 5.91 Å². The monoisotopic (exact) mass is 409 g/mol. The normalized spacial score (nSPS) is 11.6. The molecule has 2 N–H and O–H groups in total. The van der Waals surface area contributed by atoms with E-state index in [1.165, 1.54) is 44.6 Å². The van der Waals surface area contributed by atoms with Crippen LogP contribution in [0.5, 0.6) is 11.5 Å². The van der Waals surface area contributed by atoms with E-state index in [2.05, 4.69) is 10.5 Å². The molecule has 0 fully saturated rings. The van der Waals surface area contributed by atoms with Crippen LogP contribution in [0.25, 0.3) is 0 Å². The summed E-state index contributed by atoms with van der Waals surface area (Å²) in [5, 5.41) is 5.71. The van der Waals surface area contributed by atoms with Crippen LogP contribution in [0.15, 0.2) is 47.6 Å². The summed E-state index contributed by atoms with van der Waals surface area (Å²) >= 11 is 0. The highest BCUT2D eigenvalue weighted by Crippen LogP contribution is 2.27. The minimum absolute atomic E-state index is 0.0504. The Morgan fingerprint density at radius 1 is 0.966 bits per heavy atom. The Morgan fingerprint density at radius 3 is 2.28 bits per heavy atom. The molecular formula is C19H18F3N3O4. The Hall–Kier alpha value is -3.56. The molecule has 2 aromatic rings. The van der Waals surface area contributed by atoms with E-state index in [4.69, 9.17) is 9.47 Å². The number of nitrogens with one attached hydrogen (secondary N) is 2. The van der Waals surface area contributed by atoms with Crippen molar-refractivity contribution in [2.24, 2.45) is 5.10 Å². The smallest absolute Gasteiger partial charge is 0.471 e. The van der Waals surface area contributed by atoms with E-state index < -0.39 is 18.0 Å². The number of halogens is 3. The van der Waals surface area contributed by atoms with Gasteiger partial charge in [-0.25, -0.2) is 5.43 Å². The average Bonchev–Trinajstić information content (AvgIpc) is 2.70. The summed E-state index contributed by atoms with van der Waals surface area (Å²) in [6, 6.07) is 10.2. The second-order valence-corrected chi connectivity index (χ2v) is 5.74. The lowest BCUT2D eigenvalue weighted by Crippen LogP contribution is -2.29. The van der Waals surface area contributed by atoms with Crippen LogP contribution in [0.3, 0.4) is 0 Å². The summed E-state index contributed by atoms with van der Waals surface area (Å²) in [6.45, 7) is 1.56. The maximum atomic E-state index is 12.4. The molecule has 0 saturated heterocycles. The molecule has 0 aliphatic rings. The topological polar surface area (TPSA) is 89.0 Å². The number of hydrazone groups is 1. The zero-order chi connectivity index (χ0) is 21.6. The number of hydrogen-bond donors (Lipinski definition) is 2. The number of nitrogens with zero attached hydrogens (tertiary/aromatic N) is 1. The Balaban J connectivity index is 2.12. The second-order valence-electron chi connectivity index (χ2n) is 5.74. The standard InChI is InChI=1S/C19H18F3N3O4/c1-11(12-5-4-6-14(9-12)23-18(27)19(20,21)22)24-25-17(26)13-7-8-15(28-2)16(10-13)29-3/h4-10H,1-3H3,(H,23,27)(H,25,26)/b24-11-. The second kappa shape index (κ2) is 9.09. The van der Waals surface area contributed by atoms with Gasteiger partial charge in [0, 0.05) is 11.3 Å². The Kier molecular flexibility index (Phi) is 6.81. The van der Waals surface area contributed by atoms with Crippen molar-refractivity contribution in [3.8, 4) is 11.5 Å². The molecule has 0 unspecified atom stereocenters. The van der Waals surface area contributed by atoms with E-state index >= 15 is 0 Å². The predicted molar refractivity (Wildman–Crippen MR) is 100 cm³/mol. The molecule has 0 atom stereocenters. The van der Waals surface area contributed by atoms with Gasteiger partial charge in [0.05, 0.1) is 19.9 Å². The van der Waals surface area contributed by atoms with Crippen LogP contribution in [0, 0.1) is 0 Å². The van der Waals surface area contributed by atoms with E-state index in [1.807, 2.05) is 0 Å². The molecule has 7 nitrogen and oxygen atoms in total. The lowest BCUT2D eigenvalue weighted by molar-refractivity contribution is -0.167. The van der Waals surface area contributed by atoms with Gasteiger partial charge in [-0.15, -0.1) is 0 Å². The van der Waals surface area contributed by atoms with Crippen molar-refractivity contribution < 1.29 is 32.2 Å². The zero-order valence-corrected chi connectivity index (χ0v) is 15.8. The number of anilines is 1. The molecule has 29 heavy (non-hydrogen) atoms. The minimum atomic E-state index is -4.99. The van der Waals surface area contributed by atoms with Crippen LogP contribution in [-0.2, 0) is 4.79 Å². The SMILES string of the molecule is COc1ccc(C(=O)N/N=C(/C)c2cccc(NC(=O)C(F)(F)F)c2)cc1OC. The third-order valence-corrected chi connectivity index (χ3v) is 3.77. The summed E-state index contributed by atoms with van der Waals surface area (Å²) in [4.78, 5) is 23.3. The van der Waals surface area contributed by atoms with E-state index in [0.29, 0.717) is 22.8 Å². The molecule has 0 radical (unpaired) electrons. The maximum Gasteiger partial charge on any atom is 0.471 e. The van der Waals surface area contributed by atoms with Gasteiger partial charge in [-0.1, -0.05) is 12.1 Å². The third kappa shape index (κ3) is 5.71. The van der Waals surface area contributed by atoms with Crippen LogP contribution >= 0.6 is 0 Å². The van der Waals surface area contributed by atoms with Crippen molar-refractivity contribution in [1.29, 1.82) is 0 Å². The van der Waals surface area contributed by atoms with Crippen molar-refractivity contribution in [3.05, 3.63) is 53.6 Å². The van der Waals surface area contributed by atoms with Gasteiger partial charge in [-0.3, -0.25) is 9.59 Å². The van der Waals surface area contributed by atoms with Gasteiger partial charge < -0.3 is 14.8 Å². The highest BCUT2D eigenvalue weighted by atomic mass is 19.4. The summed E-state index contributed by atoms with van der Waals surface area (Å²) in [7, 11) is 2.91. The molecule has 10 heteroatoms. The number of alkyl halides is 3. The van der Waals surface area contributed by atoms with Gasteiger partial charge in [0.1, 0.15) is 0 Å². The first-order valence-corrected chi connectivity index (χ1v) is 8.21. The lowest BCUT2D eigenvalue weighted by Gasteiger charge is -2.10. The van der Waals surface area contributed by atoms with E-state index in [-0.39, 0.29) is 11.3 Å². The van der Waals surface area contributed by atoms with Crippen molar-refractivity contribution in [2.75, 3.05) is 19.5 Å². The first kappa shape index (κ1) is 21.7. The predicted octanol–water partition coefficient (Wildman–Crippen LogP) is 3.36. The van der Waals surface area contributed by atoms with Gasteiger partial charge >= 0.3 is 12.1 Å². The highest BCUT2D eigenvalue weighted by Gasteiger charge is 2.38. The van der Waals surface area contributed by atoms with Crippen molar-refractivity contribution in [2.45, 2.75) is 13.1 Å². The molecule has 154 valence electrons. The first-order valence-electron chi connectivity index (χ1n) is 8.21. The number of ether oxygens (including phenoxy) is 2. The zero-order valence-electron chi connectivity index (χ0n) is 15.8. The van der Waals surface area contributed by atoms with Crippen LogP contribution < -0.4 is 20.2 Å². The number of rotatable bonds is 6. The molecule has 2 amide bonds. The van der Waals surface area contributed by atoms with Gasteiger partial charge in [-0.2, -0.15) is 18.3 Å². The van der Waals surface area contributed by atoms with Crippen LogP contribution in [0.2, 0.25) is 0 Å². The Bertz CT molecular complexity index is 943.